The molecule has 0 aliphatic carbocycles. The molecule has 0 saturated carbocycles. The lowest BCUT2D eigenvalue weighted by atomic mass is 9.78. The highest BCUT2D eigenvalue weighted by atomic mass is 32.2. The van der Waals surface area contributed by atoms with Gasteiger partial charge in [-0.15, -0.1) is 0 Å². The summed E-state index contributed by atoms with van der Waals surface area (Å²) in [4.78, 5) is 12.1. The molecule has 1 aromatic rings. The molecule has 0 spiro atoms. The zero-order chi connectivity index (χ0) is 28.6. The van der Waals surface area contributed by atoms with Gasteiger partial charge in [0.25, 0.3) is 0 Å². The maximum absolute atomic E-state index is 13.1. The predicted octanol–water partition coefficient (Wildman–Crippen LogP) is 2.44. The Labute approximate surface area is 227 Å². The van der Waals surface area contributed by atoms with Crippen LogP contribution in [-0.2, 0) is 35.8 Å². The fourth-order valence-electron chi connectivity index (χ4n) is 4.50. The second-order valence-electron chi connectivity index (χ2n) is 12.6. The van der Waals surface area contributed by atoms with Crippen LogP contribution in [0.4, 0.5) is 5.82 Å². The number of ether oxygens (including phenoxy) is 1. The number of carboxylic acid groups (broad SMARTS) is 1. The summed E-state index contributed by atoms with van der Waals surface area (Å²) in [7, 11) is -5.69. The van der Waals surface area contributed by atoms with E-state index in [1.165, 1.54) is 10.7 Å². The molecule has 38 heavy (non-hydrogen) atoms. The van der Waals surface area contributed by atoms with Gasteiger partial charge in [-0.3, -0.25) is 9.52 Å². The molecule has 15 heteroatoms. The molecular formula is C23H44BN5O7SSi. The van der Waals surface area contributed by atoms with Crippen LogP contribution in [0.15, 0.2) is 12.3 Å². The number of nitrogens with two attached hydrogens (primary N) is 1. The van der Waals surface area contributed by atoms with Crippen LogP contribution >= 0.6 is 0 Å². The smallest absolute Gasteiger partial charge is 0.457 e. The molecule has 0 radical (unpaired) electrons. The van der Waals surface area contributed by atoms with Crippen LogP contribution in [0.2, 0.25) is 32.0 Å². The maximum Gasteiger partial charge on any atom is 0.457 e. The average Bonchev–Trinajstić information content (AvgIpc) is 3.40. The molecule has 3 heterocycles. The van der Waals surface area contributed by atoms with Gasteiger partial charge in [-0.05, 0) is 46.5 Å². The minimum absolute atomic E-state index is 0.0119. The summed E-state index contributed by atoms with van der Waals surface area (Å²) >= 11 is 0. The maximum atomic E-state index is 13.1. The third-order valence-corrected chi connectivity index (χ3v) is 10.8. The number of carboxylic acids is 1. The highest BCUT2D eigenvalue weighted by Gasteiger charge is 2.53. The van der Waals surface area contributed by atoms with Gasteiger partial charge in [-0.2, -0.15) is 17.8 Å². The molecule has 216 valence electrons. The van der Waals surface area contributed by atoms with Crippen LogP contribution in [0.1, 0.15) is 40.5 Å². The third-order valence-electron chi connectivity index (χ3n) is 7.72. The quantitative estimate of drug-likeness (QED) is 0.238. The SMILES string of the molecule is CC1(C)OB(CCC[C@H]2CN(S(=O)(=O)Nc3ccn(COCC[Si](C)(C)C)n3)C[C@@]2(N)C(=O)O)OC1(C)C. The van der Waals surface area contributed by atoms with Crippen molar-refractivity contribution in [3.8, 4) is 0 Å². The van der Waals surface area contributed by atoms with Gasteiger partial charge < -0.3 is 24.9 Å². The summed E-state index contributed by atoms with van der Waals surface area (Å²) in [6.07, 6.45) is 3.18. The first kappa shape index (κ1) is 31.0. The van der Waals surface area contributed by atoms with E-state index in [1.54, 1.807) is 6.20 Å². The van der Waals surface area contributed by atoms with Crippen molar-refractivity contribution in [2.24, 2.45) is 11.7 Å². The lowest BCUT2D eigenvalue weighted by Gasteiger charge is -2.32. The van der Waals surface area contributed by atoms with Crippen molar-refractivity contribution < 1.29 is 32.4 Å². The highest BCUT2D eigenvalue weighted by Crippen LogP contribution is 2.39. The largest absolute Gasteiger partial charge is 0.480 e. The zero-order valence-corrected chi connectivity index (χ0v) is 25.5. The van der Waals surface area contributed by atoms with Crippen LogP contribution in [0.5, 0.6) is 0 Å². The van der Waals surface area contributed by atoms with Crippen molar-refractivity contribution in [1.82, 2.24) is 14.1 Å². The minimum Gasteiger partial charge on any atom is -0.480 e. The van der Waals surface area contributed by atoms with Gasteiger partial charge >= 0.3 is 23.3 Å². The number of rotatable bonds is 13. The zero-order valence-electron chi connectivity index (χ0n) is 23.7. The molecule has 12 nitrogen and oxygen atoms in total. The molecule has 3 rings (SSSR count). The molecule has 1 aromatic heterocycles. The van der Waals surface area contributed by atoms with Crippen molar-refractivity contribution in [3.63, 3.8) is 0 Å². The number of hydrogen-bond donors (Lipinski definition) is 3. The number of hydrogen-bond acceptors (Lipinski definition) is 8. The summed E-state index contributed by atoms with van der Waals surface area (Å²) in [5.41, 5.74) is 3.68. The van der Waals surface area contributed by atoms with Crippen molar-refractivity contribution in [2.45, 2.75) is 96.0 Å². The van der Waals surface area contributed by atoms with Crippen LogP contribution in [-0.4, -0.2) is 85.2 Å². The van der Waals surface area contributed by atoms with Gasteiger partial charge in [0.05, 0.1) is 11.2 Å². The van der Waals surface area contributed by atoms with Crippen LogP contribution in [0.25, 0.3) is 0 Å². The van der Waals surface area contributed by atoms with Gasteiger partial charge in [0.2, 0.25) is 0 Å². The first-order valence-corrected chi connectivity index (χ1v) is 18.3. The molecule has 0 aromatic carbocycles. The second kappa shape index (κ2) is 11.2. The Morgan fingerprint density at radius 3 is 2.50 bits per heavy atom. The van der Waals surface area contributed by atoms with Crippen molar-refractivity contribution >= 4 is 37.2 Å². The third kappa shape index (κ3) is 7.37. The normalized spacial score (nSPS) is 25.7. The summed E-state index contributed by atoms with van der Waals surface area (Å²) in [6.45, 7) is 15.2. The molecule has 4 N–H and O–H groups in total. The van der Waals surface area contributed by atoms with E-state index in [0.29, 0.717) is 25.8 Å². The average molecular weight is 574 g/mol. The summed E-state index contributed by atoms with van der Waals surface area (Å²) in [5.74, 6) is -1.67. The number of carbonyl (C=O) groups is 1. The first-order chi connectivity index (χ1) is 17.3. The van der Waals surface area contributed by atoms with Gasteiger partial charge in [0.15, 0.2) is 5.82 Å². The summed E-state index contributed by atoms with van der Waals surface area (Å²) in [5, 5.41) is 14.1. The second-order valence-corrected chi connectivity index (χ2v) is 19.9. The standard InChI is InChI=1S/C23H44BN5O7SSi/c1-21(2)22(3,4)36-24(35-21)11-8-9-18-15-29(16-23(18,25)20(30)31)37(32,33)27-19-10-12-28(26-19)17-34-13-14-38(5,6)7/h10,12,18H,8-9,11,13-17,25H2,1-7H3,(H,26,27)(H,30,31)/t18-,23-/m0/s1. The predicted molar refractivity (Wildman–Crippen MR) is 149 cm³/mol. The molecule has 2 aliphatic rings. The van der Waals surface area contributed by atoms with Gasteiger partial charge in [-0.25, -0.2) is 4.68 Å². The molecule has 2 aliphatic heterocycles. The van der Waals surface area contributed by atoms with E-state index in [0.717, 1.165) is 10.3 Å². The fourth-order valence-corrected chi connectivity index (χ4v) is 6.52. The Kier molecular flexibility index (Phi) is 9.13. The van der Waals surface area contributed by atoms with E-state index in [9.17, 15) is 18.3 Å². The lowest BCUT2D eigenvalue weighted by Crippen LogP contribution is -2.55. The Hall–Kier alpha value is -1.49. The van der Waals surface area contributed by atoms with Crippen LogP contribution < -0.4 is 10.5 Å². The van der Waals surface area contributed by atoms with Crippen LogP contribution in [0, 0.1) is 5.92 Å². The number of aliphatic carboxylic acids is 1. The fraction of sp³-hybridized carbons (Fsp3) is 0.826. The van der Waals surface area contributed by atoms with E-state index in [4.69, 9.17) is 19.8 Å². The minimum atomic E-state index is -4.07. The molecule has 0 unspecified atom stereocenters. The van der Waals surface area contributed by atoms with Crippen molar-refractivity contribution in [2.75, 3.05) is 24.4 Å². The highest BCUT2D eigenvalue weighted by molar-refractivity contribution is 7.90. The van der Waals surface area contributed by atoms with Crippen molar-refractivity contribution in [1.29, 1.82) is 0 Å². The summed E-state index contributed by atoms with van der Waals surface area (Å²) < 4.78 is 48.9. The van der Waals surface area contributed by atoms with Crippen LogP contribution in [0.3, 0.4) is 0 Å². The van der Waals surface area contributed by atoms with Gasteiger partial charge in [0, 0.05) is 46.0 Å². The van der Waals surface area contributed by atoms with Gasteiger partial charge in [-0.1, -0.05) is 26.1 Å². The number of aromatic nitrogens is 2. The Balaban J connectivity index is 1.56. The van der Waals surface area contributed by atoms with Gasteiger partial charge in [0.1, 0.15) is 12.3 Å². The van der Waals surface area contributed by atoms with Crippen molar-refractivity contribution in [3.05, 3.63) is 12.3 Å². The molecule has 2 saturated heterocycles. The van der Waals surface area contributed by atoms with E-state index in [2.05, 4.69) is 29.5 Å². The van der Waals surface area contributed by atoms with E-state index < -0.39 is 54.0 Å². The number of anilines is 1. The monoisotopic (exact) mass is 573 g/mol. The van der Waals surface area contributed by atoms with E-state index in [1.807, 2.05) is 27.7 Å². The molecule has 2 atom stereocenters. The number of nitrogens with zero attached hydrogens (tertiary/aromatic N) is 3. The molecule has 0 amide bonds. The lowest BCUT2D eigenvalue weighted by molar-refractivity contribution is -0.144. The summed E-state index contributed by atoms with van der Waals surface area (Å²) in [6, 6.07) is 2.55. The molecule has 2 fully saturated rings. The Morgan fingerprint density at radius 1 is 1.29 bits per heavy atom. The molecular weight excluding hydrogens is 529 g/mol. The van der Waals surface area contributed by atoms with E-state index in [-0.39, 0.29) is 25.6 Å². The Morgan fingerprint density at radius 2 is 1.92 bits per heavy atom. The topological polar surface area (TPSA) is 158 Å². The number of nitrogens with one attached hydrogen (secondary N) is 1. The first-order valence-electron chi connectivity index (χ1n) is 13.1. The van der Waals surface area contributed by atoms with E-state index >= 15 is 0 Å². The molecule has 0 bridgehead atoms. The Bertz CT molecular complexity index is 1080.